The van der Waals surface area contributed by atoms with Gasteiger partial charge in [-0.1, -0.05) is 6.07 Å². The number of hydrogen-bond donors (Lipinski definition) is 8. The van der Waals surface area contributed by atoms with Gasteiger partial charge in [-0.2, -0.15) is 0 Å². The maximum Gasteiger partial charge on any atom is 0.342 e. The van der Waals surface area contributed by atoms with Gasteiger partial charge < -0.3 is 45.6 Å². The van der Waals surface area contributed by atoms with Crippen molar-refractivity contribution >= 4 is 23.3 Å². The lowest BCUT2D eigenvalue weighted by molar-refractivity contribution is -0.200. The number of fused-ring (bicyclic) bond motifs is 3. The normalized spacial score (nSPS) is 33.4. The minimum Gasteiger partial charge on any atom is -0.508 e. The van der Waals surface area contributed by atoms with Crippen molar-refractivity contribution in [3.63, 3.8) is 0 Å². The van der Waals surface area contributed by atoms with E-state index in [1.165, 1.54) is 24.5 Å². The van der Waals surface area contributed by atoms with E-state index in [4.69, 9.17) is 4.74 Å². The highest BCUT2D eigenvalue weighted by molar-refractivity contribution is 6.22. The smallest absolute Gasteiger partial charge is 0.342 e. The number of carboxylic acids is 1. The summed E-state index contributed by atoms with van der Waals surface area (Å²) in [7, 11) is 0. The Bertz CT molecular complexity index is 1400. The van der Waals surface area contributed by atoms with E-state index < -0.39 is 87.9 Å². The summed E-state index contributed by atoms with van der Waals surface area (Å²) in [6, 6.07) is 2.58. The molecule has 8 N–H and O–H groups in total. The minimum absolute atomic E-state index is 0.0882. The Morgan fingerprint density at radius 3 is 2.36 bits per heavy atom. The number of hydrogen-bond acceptors (Lipinski definition) is 11. The number of aliphatic carboxylic acids is 1. The summed E-state index contributed by atoms with van der Waals surface area (Å²) < 4.78 is 4.91. The van der Waals surface area contributed by atoms with Gasteiger partial charge in [0.2, 0.25) is 11.4 Å². The van der Waals surface area contributed by atoms with Crippen molar-refractivity contribution in [3.05, 3.63) is 70.1 Å². The van der Waals surface area contributed by atoms with Crippen LogP contribution in [0, 0.1) is 0 Å². The molecule has 3 aliphatic carbocycles. The average molecular weight is 500 g/mol. The monoisotopic (exact) mass is 500 g/mol. The van der Waals surface area contributed by atoms with Crippen molar-refractivity contribution in [3.8, 4) is 5.75 Å². The molecule has 1 fully saturated rings. The van der Waals surface area contributed by atoms with Gasteiger partial charge in [-0.25, -0.2) is 4.79 Å². The number of carboxylic acid groups (broad SMARTS) is 1. The SMILES string of the molecule is O=C(O)C1=C(O)[C@@]2(O)C(=O)C3=C(O)c4c(O)ccc(C5C=COC=C5O)c4C[C@@]3(O)C[C@@]2(O)CC1=O. The number of rotatable bonds is 2. The molecular formula is C24H20O12. The van der Waals surface area contributed by atoms with Crippen LogP contribution >= 0.6 is 0 Å². The number of aliphatic hydroxyl groups is 6. The lowest BCUT2D eigenvalue weighted by Crippen LogP contribution is -2.72. The van der Waals surface area contributed by atoms with E-state index in [-0.39, 0.29) is 16.9 Å². The highest BCUT2D eigenvalue weighted by Crippen LogP contribution is 2.56. The molecule has 1 aromatic rings. The van der Waals surface area contributed by atoms with Crippen molar-refractivity contribution in [2.45, 2.75) is 42.0 Å². The number of benzene rings is 1. The second kappa shape index (κ2) is 7.20. The second-order valence-electron chi connectivity index (χ2n) is 9.32. The summed E-state index contributed by atoms with van der Waals surface area (Å²) in [6.45, 7) is 0. The average Bonchev–Trinajstić information content (AvgIpc) is 2.76. The van der Waals surface area contributed by atoms with Crippen LogP contribution in [0.15, 0.2) is 53.4 Å². The van der Waals surface area contributed by atoms with Gasteiger partial charge in [0.1, 0.15) is 40.3 Å². The van der Waals surface area contributed by atoms with E-state index in [0.29, 0.717) is 5.56 Å². The molecule has 0 aromatic heterocycles. The van der Waals surface area contributed by atoms with Crippen molar-refractivity contribution < 1.29 is 60.0 Å². The molecule has 1 aromatic carbocycles. The number of ketones is 2. The van der Waals surface area contributed by atoms with E-state index in [1.54, 1.807) is 0 Å². The van der Waals surface area contributed by atoms with Crippen LogP contribution in [0.5, 0.6) is 5.75 Å². The fraction of sp³-hybridized carbons (Fsp3) is 0.292. The summed E-state index contributed by atoms with van der Waals surface area (Å²) >= 11 is 0. The highest BCUT2D eigenvalue weighted by Gasteiger charge is 2.71. The van der Waals surface area contributed by atoms with Gasteiger partial charge in [0.05, 0.1) is 23.3 Å². The molecule has 0 amide bonds. The van der Waals surface area contributed by atoms with Crippen LogP contribution in [0.4, 0.5) is 0 Å². The Morgan fingerprint density at radius 1 is 1.03 bits per heavy atom. The first-order chi connectivity index (χ1) is 16.8. The third-order valence-electron chi connectivity index (χ3n) is 7.27. The summed E-state index contributed by atoms with van der Waals surface area (Å²) in [5, 5.41) is 85.8. The first-order valence-corrected chi connectivity index (χ1v) is 10.7. The molecule has 1 heterocycles. The minimum atomic E-state index is -3.38. The van der Waals surface area contributed by atoms with E-state index in [9.17, 15) is 55.2 Å². The molecule has 0 spiro atoms. The molecule has 188 valence electrons. The maximum atomic E-state index is 13.5. The Kier molecular flexibility index (Phi) is 4.72. The third kappa shape index (κ3) is 2.77. The molecule has 0 bridgehead atoms. The quantitative estimate of drug-likeness (QED) is 0.257. The van der Waals surface area contributed by atoms with Crippen molar-refractivity contribution in [2.24, 2.45) is 0 Å². The lowest BCUT2D eigenvalue weighted by atomic mass is 9.55. The van der Waals surface area contributed by atoms with Gasteiger partial charge in [0.25, 0.3) is 0 Å². The fourth-order valence-corrected chi connectivity index (χ4v) is 5.67. The summed E-state index contributed by atoms with van der Waals surface area (Å²) in [6.07, 6.45) is 1.17. The zero-order valence-corrected chi connectivity index (χ0v) is 18.3. The van der Waals surface area contributed by atoms with Gasteiger partial charge in [-0.05, 0) is 23.3 Å². The molecule has 5 rings (SSSR count). The number of aromatic hydroxyl groups is 1. The predicted molar refractivity (Wildman–Crippen MR) is 116 cm³/mol. The first kappa shape index (κ1) is 23.6. The van der Waals surface area contributed by atoms with Crippen LogP contribution in [0.3, 0.4) is 0 Å². The first-order valence-electron chi connectivity index (χ1n) is 10.7. The number of phenols is 1. The number of ether oxygens (including phenoxy) is 1. The Morgan fingerprint density at radius 2 is 1.72 bits per heavy atom. The number of allylic oxidation sites excluding steroid dienone is 1. The van der Waals surface area contributed by atoms with Crippen LogP contribution in [0.25, 0.3) is 5.76 Å². The molecule has 1 unspecified atom stereocenters. The number of phenolic OH excluding ortho intramolecular Hbond substituents is 1. The Hall–Kier alpha value is -4.13. The van der Waals surface area contributed by atoms with Gasteiger partial charge in [0, 0.05) is 19.3 Å². The van der Waals surface area contributed by atoms with Gasteiger partial charge in [0.15, 0.2) is 11.5 Å². The molecule has 0 saturated heterocycles. The molecular weight excluding hydrogens is 480 g/mol. The van der Waals surface area contributed by atoms with Crippen LogP contribution < -0.4 is 0 Å². The number of aliphatic hydroxyl groups excluding tert-OH is 3. The standard InChI is InChI=1S/C24H20O12/c25-12-2-1-9(10-3-4-36-7-14(10)27)11-5-22(33)8-23(34)6-13(26)16(21(31)32)19(29)24(23,35)20(30)17(22)18(28)15(11)12/h1-4,7,10,25,27-29,33-35H,5-6,8H2,(H,31,32)/t10?,22-,23+,24-/m1/s1. The molecule has 1 saturated carbocycles. The fourth-order valence-electron chi connectivity index (χ4n) is 5.67. The molecule has 36 heavy (non-hydrogen) atoms. The van der Waals surface area contributed by atoms with E-state index >= 15 is 0 Å². The van der Waals surface area contributed by atoms with Crippen LogP contribution in [0.1, 0.15) is 35.4 Å². The predicted octanol–water partition coefficient (Wildman–Crippen LogP) is 0.280. The number of carbonyl (C=O) groups is 3. The van der Waals surface area contributed by atoms with Crippen molar-refractivity contribution in [1.29, 1.82) is 0 Å². The summed E-state index contributed by atoms with van der Waals surface area (Å²) in [4.78, 5) is 37.5. The summed E-state index contributed by atoms with van der Waals surface area (Å²) in [5.41, 5.74) is -10.8. The highest BCUT2D eigenvalue weighted by atomic mass is 16.5. The lowest BCUT2D eigenvalue weighted by Gasteiger charge is -2.54. The van der Waals surface area contributed by atoms with Crippen LogP contribution in [-0.4, -0.2) is 75.2 Å². The number of Topliss-reactive ketones (excluding diaryl/α,β-unsaturated/α-hetero) is 2. The summed E-state index contributed by atoms with van der Waals surface area (Å²) in [5.74, 6) is -9.06. The van der Waals surface area contributed by atoms with Gasteiger partial charge in [-0.15, -0.1) is 0 Å². The third-order valence-corrected chi connectivity index (χ3v) is 7.27. The Labute approximate surface area is 201 Å². The molecule has 0 radical (unpaired) electrons. The van der Waals surface area contributed by atoms with Crippen molar-refractivity contribution in [1.82, 2.24) is 0 Å². The number of carbonyl (C=O) groups excluding carboxylic acids is 2. The van der Waals surface area contributed by atoms with Crippen molar-refractivity contribution in [2.75, 3.05) is 0 Å². The zero-order valence-electron chi connectivity index (χ0n) is 18.3. The molecule has 4 atom stereocenters. The van der Waals surface area contributed by atoms with Gasteiger partial charge in [-0.3, -0.25) is 9.59 Å². The van der Waals surface area contributed by atoms with Crippen LogP contribution in [-0.2, 0) is 25.5 Å². The van der Waals surface area contributed by atoms with Gasteiger partial charge >= 0.3 is 5.97 Å². The second-order valence-corrected chi connectivity index (χ2v) is 9.32. The van der Waals surface area contributed by atoms with E-state index in [2.05, 4.69) is 0 Å². The molecule has 4 aliphatic rings. The maximum absolute atomic E-state index is 13.5. The van der Waals surface area contributed by atoms with E-state index in [0.717, 1.165) is 6.26 Å². The topological polar surface area (TPSA) is 222 Å². The largest absolute Gasteiger partial charge is 0.508 e. The zero-order chi connectivity index (χ0) is 26.4. The van der Waals surface area contributed by atoms with E-state index in [1.807, 2.05) is 0 Å². The molecule has 12 heteroatoms. The van der Waals surface area contributed by atoms with Crippen LogP contribution in [0.2, 0.25) is 0 Å². The Balaban J connectivity index is 1.77. The molecule has 1 aliphatic heterocycles. The molecule has 12 nitrogen and oxygen atoms in total.